The van der Waals surface area contributed by atoms with Crippen LogP contribution in [0, 0.1) is 20.8 Å². The number of hydrogen-bond donors (Lipinski definition) is 2. The van der Waals surface area contributed by atoms with E-state index < -0.39 is 11.9 Å². The first-order valence-electron chi connectivity index (χ1n) is 9.46. The molecule has 1 aromatic heterocycles. The van der Waals surface area contributed by atoms with Gasteiger partial charge in [-0.1, -0.05) is 29.5 Å². The van der Waals surface area contributed by atoms with Gasteiger partial charge in [-0.2, -0.15) is 8.78 Å². The van der Waals surface area contributed by atoms with Crippen LogP contribution in [0.3, 0.4) is 0 Å². The second kappa shape index (κ2) is 9.34. The molecule has 0 aliphatic heterocycles. The van der Waals surface area contributed by atoms with Crippen LogP contribution >= 0.6 is 11.8 Å². The Bertz CT molecular complexity index is 1060. The molecule has 3 N–H and O–H groups in total. The predicted octanol–water partition coefficient (Wildman–Crippen LogP) is 4.30. The number of benzene rings is 2. The van der Waals surface area contributed by atoms with E-state index in [0.717, 1.165) is 22.4 Å². The van der Waals surface area contributed by atoms with Crippen LogP contribution in [-0.4, -0.2) is 32.6 Å². The van der Waals surface area contributed by atoms with Crippen molar-refractivity contribution in [2.75, 3.05) is 11.2 Å². The smallest absolute Gasteiger partial charge is 0.387 e. The van der Waals surface area contributed by atoms with Crippen LogP contribution < -0.4 is 15.9 Å². The van der Waals surface area contributed by atoms with Crippen LogP contribution in [0.2, 0.25) is 0 Å². The zero-order chi connectivity index (χ0) is 22.7. The highest BCUT2D eigenvalue weighted by molar-refractivity contribution is 8.00. The molecule has 3 aromatic rings. The molecule has 0 fully saturated rings. The maximum Gasteiger partial charge on any atom is 0.387 e. The van der Waals surface area contributed by atoms with Crippen molar-refractivity contribution in [1.82, 2.24) is 14.9 Å². The van der Waals surface area contributed by atoms with Gasteiger partial charge in [-0.05, 0) is 63.1 Å². The molecule has 0 aliphatic rings. The quantitative estimate of drug-likeness (QED) is 0.414. The Morgan fingerprint density at radius 2 is 1.74 bits per heavy atom. The Balaban J connectivity index is 1.71. The molecule has 0 radical (unpaired) electrons. The van der Waals surface area contributed by atoms with Crippen LogP contribution in [-0.2, 0) is 4.79 Å². The minimum atomic E-state index is -2.90. The molecule has 0 saturated carbocycles. The number of aromatic nitrogens is 3. The van der Waals surface area contributed by atoms with Crippen molar-refractivity contribution in [3.63, 3.8) is 0 Å². The van der Waals surface area contributed by atoms with E-state index in [9.17, 15) is 13.6 Å². The van der Waals surface area contributed by atoms with Gasteiger partial charge in [0, 0.05) is 11.3 Å². The third-order valence-electron chi connectivity index (χ3n) is 4.58. The minimum absolute atomic E-state index is 0.0309. The van der Waals surface area contributed by atoms with E-state index in [1.165, 1.54) is 28.6 Å². The number of halogens is 2. The Kier molecular flexibility index (Phi) is 6.79. The van der Waals surface area contributed by atoms with Gasteiger partial charge in [0.25, 0.3) is 0 Å². The molecule has 7 nitrogen and oxygen atoms in total. The SMILES string of the molecule is Cc1cc(C)c(NC(=O)C(C)Sc2nnc(-c3ccc(OC(F)F)cc3)n2N)c(C)c1. The Hall–Kier alpha value is -3.14. The van der Waals surface area contributed by atoms with E-state index in [0.29, 0.717) is 16.5 Å². The minimum Gasteiger partial charge on any atom is -0.435 e. The molecule has 1 unspecified atom stereocenters. The van der Waals surface area contributed by atoms with Crippen LogP contribution in [0.25, 0.3) is 11.4 Å². The van der Waals surface area contributed by atoms with Gasteiger partial charge < -0.3 is 15.9 Å². The fourth-order valence-corrected chi connectivity index (χ4v) is 3.92. The third kappa shape index (κ3) is 5.32. The average Bonchev–Trinajstić information content (AvgIpc) is 3.05. The van der Waals surface area contributed by atoms with Crippen LogP contribution in [0.5, 0.6) is 5.75 Å². The zero-order valence-electron chi connectivity index (χ0n) is 17.5. The largest absolute Gasteiger partial charge is 0.435 e. The number of alkyl halides is 2. The van der Waals surface area contributed by atoms with E-state index in [1.54, 1.807) is 19.1 Å². The number of nitrogens with zero attached hydrogens (tertiary/aromatic N) is 3. The molecule has 0 bridgehead atoms. The Labute approximate surface area is 183 Å². The summed E-state index contributed by atoms with van der Waals surface area (Å²) in [5.74, 6) is 6.29. The fraction of sp³-hybridized carbons (Fsp3) is 0.286. The lowest BCUT2D eigenvalue weighted by Gasteiger charge is -2.16. The number of nitrogens with one attached hydrogen (secondary N) is 1. The molecule has 3 rings (SSSR count). The molecular formula is C21H23F2N5O2S. The number of nitrogen functional groups attached to an aromatic ring is 1. The van der Waals surface area contributed by atoms with Gasteiger partial charge in [0.15, 0.2) is 5.82 Å². The first kappa shape index (κ1) is 22.5. The third-order valence-corrected chi connectivity index (χ3v) is 5.64. The normalized spacial score (nSPS) is 12.1. The molecule has 10 heteroatoms. The standard InChI is InChI=1S/C21H23F2N5O2S/c1-11-9-12(2)17(13(3)10-11)25-19(29)14(4)31-21-27-26-18(28(21)24)15-5-7-16(8-6-15)30-20(22)23/h5-10,14,20H,24H2,1-4H3,(H,25,29). The second-order valence-electron chi connectivity index (χ2n) is 7.10. The maximum atomic E-state index is 12.7. The average molecular weight is 448 g/mol. The Morgan fingerprint density at radius 1 is 1.13 bits per heavy atom. The summed E-state index contributed by atoms with van der Waals surface area (Å²) in [7, 11) is 0. The van der Waals surface area contributed by atoms with Crippen LogP contribution in [0.1, 0.15) is 23.6 Å². The molecule has 31 heavy (non-hydrogen) atoms. The van der Waals surface area contributed by atoms with Gasteiger partial charge in [-0.15, -0.1) is 10.2 Å². The van der Waals surface area contributed by atoms with Crippen molar-refractivity contribution in [2.45, 2.75) is 44.7 Å². The molecule has 1 atom stereocenters. The number of anilines is 1. The van der Waals surface area contributed by atoms with Crippen LogP contribution in [0.4, 0.5) is 14.5 Å². The monoisotopic (exact) mass is 447 g/mol. The lowest BCUT2D eigenvalue weighted by molar-refractivity contribution is -0.115. The van der Waals surface area contributed by atoms with Crippen molar-refractivity contribution >= 4 is 23.4 Å². The summed E-state index contributed by atoms with van der Waals surface area (Å²) in [5.41, 5.74) is 4.49. The summed E-state index contributed by atoms with van der Waals surface area (Å²) in [6.07, 6.45) is 0. The number of aryl methyl sites for hydroxylation is 3. The van der Waals surface area contributed by atoms with Gasteiger partial charge in [0.1, 0.15) is 5.75 Å². The van der Waals surface area contributed by atoms with Crippen molar-refractivity contribution in [1.29, 1.82) is 0 Å². The summed E-state index contributed by atoms with van der Waals surface area (Å²) in [6.45, 7) is 4.77. The summed E-state index contributed by atoms with van der Waals surface area (Å²) in [4.78, 5) is 12.7. The van der Waals surface area contributed by atoms with E-state index in [-0.39, 0.29) is 11.7 Å². The van der Waals surface area contributed by atoms with Crippen molar-refractivity contribution < 1.29 is 18.3 Å². The van der Waals surface area contributed by atoms with E-state index in [4.69, 9.17) is 5.84 Å². The van der Waals surface area contributed by atoms with Gasteiger partial charge >= 0.3 is 6.61 Å². The van der Waals surface area contributed by atoms with E-state index >= 15 is 0 Å². The van der Waals surface area contributed by atoms with Crippen molar-refractivity contribution in [2.24, 2.45) is 0 Å². The number of thioether (sulfide) groups is 1. The first-order valence-corrected chi connectivity index (χ1v) is 10.3. The lowest BCUT2D eigenvalue weighted by Crippen LogP contribution is -2.24. The first-order chi connectivity index (χ1) is 14.7. The van der Waals surface area contributed by atoms with Gasteiger partial charge in [0.05, 0.1) is 5.25 Å². The molecule has 0 spiro atoms. The number of carbonyl (C=O) groups is 1. The van der Waals surface area contributed by atoms with Gasteiger partial charge in [0.2, 0.25) is 11.1 Å². The lowest BCUT2D eigenvalue weighted by atomic mass is 10.1. The number of hydrogen-bond acceptors (Lipinski definition) is 6. The number of carbonyl (C=O) groups excluding carboxylic acids is 1. The highest BCUT2D eigenvalue weighted by Gasteiger charge is 2.21. The molecule has 2 aromatic carbocycles. The molecule has 164 valence electrons. The topological polar surface area (TPSA) is 95.1 Å². The van der Waals surface area contributed by atoms with Gasteiger partial charge in [-0.3, -0.25) is 4.79 Å². The highest BCUT2D eigenvalue weighted by atomic mass is 32.2. The highest BCUT2D eigenvalue weighted by Crippen LogP contribution is 2.28. The van der Waals surface area contributed by atoms with Crippen molar-refractivity contribution in [3.05, 3.63) is 53.1 Å². The summed E-state index contributed by atoms with van der Waals surface area (Å²) in [6, 6.07) is 9.93. The fourth-order valence-electron chi connectivity index (χ4n) is 3.15. The number of nitrogens with two attached hydrogens (primary N) is 1. The molecule has 0 saturated heterocycles. The molecule has 0 aliphatic carbocycles. The number of rotatable bonds is 7. The second-order valence-corrected chi connectivity index (χ2v) is 8.41. The predicted molar refractivity (Wildman–Crippen MR) is 117 cm³/mol. The van der Waals surface area contributed by atoms with Crippen LogP contribution in [0.15, 0.2) is 41.6 Å². The Morgan fingerprint density at radius 3 is 2.32 bits per heavy atom. The summed E-state index contributed by atoms with van der Waals surface area (Å²) in [5, 5.41) is 11.0. The number of ether oxygens (including phenoxy) is 1. The van der Waals surface area contributed by atoms with E-state index in [1.807, 2.05) is 32.9 Å². The van der Waals surface area contributed by atoms with E-state index in [2.05, 4.69) is 20.3 Å². The maximum absolute atomic E-state index is 12.7. The zero-order valence-corrected chi connectivity index (χ0v) is 18.3. The van der Waals surface area contributed by atoms with Crippen molar-refractivity contribution in [3.8, 4) is 17.1 Å². The molecule has 1 heterocycles. The summed E-state index contributed by atoms with van der Waals surface area (Å²) >= 11 is 1.17. The summed E-state index contributed by atoms with van der Waals surface area (Å²) < 4.78 is 30.2. The number of amides is 1. The van der Waals surface area contributed by atoms with Gasteiger partial charge in [-0.25, -0.2) is 4.68 Å². The molecular weight excluding hydrogens is 424 g/mol. The molecule has 1 amide bonds.